The van der Waals surface area contributed by atoms with E-state index in [-0.39, 0.29) is 11.8 Å². The second-order valence-electron chi connectivity index (χ2n) is 7.88. The van der Waals surface area contributed by atoms with Gasteiger partial charge in [-0.25, -0.2) is 4.98 Å². The van der Waals surface area contributed by atoms with Gasteiger partial charge in [-0.3, -0.25) is 19.6 Å². The van der Waals surface area contributed by atoms with Crippen LogP contribution in [0.5, 0.6) is 0 Å². The lowest BCUT2D eigenvalue weighted by atomic mass is 10.1. The number of carbonyl (C=O) groups excluding carboxylic acids is 2. The van der Waals surface area contributed by atoms with Crippen molar-refractivity contribution in [1.29, 1.82) is 0 Å². The zero-order chi connectivity index (χ0) is 22.7. The van der Waals surface area contributed by atoms with E-state index >= 15 is 0 Å². The molecule has 0 spiro atoms. The molecular weight excluding hydrogens is 424 g/mol. The topological polar surface area (TPSA) is 91.3 Å². The molecule has 1 aliphatic rings. The summed E-state index contributed by atoms with van der Waals surface area (Å²) in [5.41, 5.74) is 4.89. The van der Waals surface area contributed by atoms with Crippen LogP contribution in [-0.2, 0) is 11.3 Å². The summed E-state index contributed by atoms with van der Waals surface area (Å²) in [5.74, 6) is -0.0554. The number of pyridine rings is 2. The molecular formula is C23H26N6O2S. The van der Waals surface area contributed by atoms with Crippen LogP contribution in [-0.4, -0.2) is 57.8 Å². The lowest BCUT2D eigenvalue weighted by molar-refractivity contribution is -0.129. The van der Waals surface area contributed by atoms with Crippen molar-refractivity contribution in [3.63, 3.8) is 0 Å². The molecule has 4 rings (SSSR count). The van der Waals surface area contributed by atoms with E-state index in [0.717, 1.165) is 46.3 Å². The fraction of sp³-hybridized carbons (Fsp3) is 0.348. The average molecular weight is 451 g/mol. The van der Waals surface area contributed by atoms with E-state index in [1.807, 2.05) is 36.9 Å². The molecule has 0 atom stereocenters. The molecule has 32 heavy (non-hydrogen) atoms. The zero-order valence-corrected chi connectivity index (χ0v) is 19.3. The highest BCUT2D eigenvalue weighted by molar-refractivity contribution is 7.17. The van der Waals surface area contributed by atoms with Crippen molar-refractivity contribution in [2.75, 3.05) is 31.1 Å². The normalized spacial score (nSPS) is 13.8. The molecule has 0 aromatic carbocycles. The van der Waals surface area contributed by atoms with Crippen LogP contribution < -0.4 is 10.2 Å². The fourth-order valence-corrected chi connectivity index (χ4v) is 4.61. The van der Waals surface area contributed by atoms with Crippen LogP contribution in [0.2, 0.25) is 0 Å². The van der Waals surface area contributed by atoms with Crippen molar-refractivity contribution in [3.05, 3.63) is 58.5 Å². The first-order valence-electron chi connectivity index (χ1n) is 10.5. The van der Waals surface area contributed by atoms with Crippen LogP contribution in [0.25, 0.3) is 11.3 Å². The third kappa shape index (κ3) is 4.94. The van der Waals surface area contributed by atoms with Gasteiger partial charge in [-0.1, -0.05) is 17.4 Å². The molecule has 3 aromatic rings. The average Bonchev–Trinajstić information content (AvgIpc) is 3.28. The smallest absolute Gasteiger partial charge is 0.263 e. The summed E-state index contributed by atoms with van der Waals surface area (Å²) in [5, 5.41) is 3.77. The van der Waals surface area contributed by atoms with Gasteiger partial charge in [-0.2, -0.15) is 0 Å². The van der Waals surface area contributed by atoms with Crippen molar-refractivity contribution < 1.29 is 9.59 Å². The van der Waals surface area contributed by atoms with E-state index in [1.54, 1.807) is 25.5 Å². The van der Waals surface area contributed by atoms with Crippen molar-refractivity contribution in [1.82, 2.24) is 25.2 Å². The molecule has 8 nitrogen and oxygen atoms in total. The summed E-state index contributed by atoms with van der Waals surface area (Å²) in [6.45, 7) is 8.77. The Kier molecular flexibility index (Phi) is 6.45. The van der Waals surface area contributed by atoms with Gasteiger partial charge < -0.3 is 15.1 Å². The van der Waals surface area contributed by atoms with Gasteiger partial charge in [0.2, 0.25) is 5.91 Å². The molecule has 0 saturated carbocycles. The number of aryl methyl sites for hydroxylation is 2. The Morgan fingerprint density at radius 3 is 2.53 bits per heavy atom. The number of carbonyl (C=O) groups is 2. The Morgan fingerprint density at radius 1 is 1.06 bits per heavy atom. The van der Waals surface area contributed by atoms with Crippen LogP contribution in [0, 0.1) is 13.8 Å². The van der Waals surface area contributed by atoms with Gasteiger partial charge in [0.05, 0.1) is 11.9 Å². The fourth-order valence-electron chi connectivity index (χ4n) is 3.72. The minimum atomic E-state index is -0.150. The van der Waals surface area contributed by atoms with Crippen molar-refractivity contribution in [2.45, 2.75) is 27.3 Å². The molecule has 2 amide bonds. The van der Waals surface area contributed by atoms with E-state index in [4.69, 9.17) is 0 Å². The molecule has 0 aliphatic carbocycles. The number of hydrogen-bond acceptors (Lipinski definition) is 7. The largest absolute Gasteiger partial charge is 0.347 e. The monoisotopic (exact) mass is 450 g/mol. The number of anilines is 1. The van der Waals surface area contributed by atoms with Gasteiger partial charge in [0, 0.05) is 63.3 Å². The molecule has 0 bridgehead atoms. The second-order valence-corrected chi connectivity index (χ2v) is 8.89. The van der Waals surface area contributed by atoms with Crippen LogP contribution in [0.1, 0.15) is 33.4 Å². The zero-order valence-electron chi connectivity index (χ0n) is 18.5. The summed E-state index contributed by atoms with van der Waals surface area (Å²) in [7, 11) is 0. The highest BCUT2D eigenvalue weighted by Crippen LogP contribution is 2.24. The van der Waals surface area contributed by atoms with Gasteiger partial charge in [0.15, 0.2) is 5.13 Å². The summed E-state index contributed by atoms with van der Waals surface area (Å²) in [6, 6.07) is 6.01. The summed E-state index contributed by atoms with van der Waals surface area (Å²) in [4.78, 5) is 41.9. The quantitative estimate of drug-likeness (QED) is 0.643. The van der Waals surface area contributed by atoms with Crippen molar-refractivity contribution >= 4 is 28.3 Å². The molecule has 1 saturated heterocycles. The molecule has 1 N–H and O–H groups in total. The number of rotatable bonds is 5. The molecule has 166 valence electrons. The van der Waals surface area contributed by atoms with Crippen LogP contribution in [0.4, 0.5) is 5.13 Å². The Morgan fingerprint density at radius 2 is 1.84 bits per heavy atom. The highest BCUT2D eigenvalue weighted by Gasteiger charge is 2.22. The van der Waals surface area contributed by atoms with Crippen molar-refractivity contribution in [3.8, 4) is 11.3 Å². The van der Waals surface area contributed by atoms with Crippen LogP contribution in [0.3, 0.4) is 0 Å². The summed E-state index contributed by atoms with van der Waals surface area (Å²) >= 11 is 1.37. The van der Waals surface area contributed by atoms with E-state index in [1.165, 1.54) is 11.3 Å². The van der Waals surface area contributed by atoms with E-state index < -0.39 is 0 Å². The summed E-state index contributed by atoms with van der Waals surface area (Å²) in [6.07, 6.45) is 5.20. The SMILES string of the molecule is CC(=O)N1CCN(c2ncc(C(=O)NCc3cnc(-c4ccnc(C)c4)c(C)c3)s2)CC1. The van der Waals surface area contributed by atoms with E-state index in [9.17, 15) is 9.59 Å². The number of amides is 2. The number of aromatic nitrogens is 3. The number of thiazole rings is 1. The molecule has 0 radical (unpaired) electrons. The standard InChI is InChI=1S/C23H26N6O2S/c1-15-10-18(12-25-21(15)19-4-5-24-16(2)11-19)13-26-22(31)20-14-27-23(32-20)29-8-6-28(7-9-29)17(3)30/h4-5,10-12,14H,6-9,13H2,1-3H3,(H,26,31). The number of hydrogen-bond donors (Lipinski definition) is 1. The first-order valence-corrected chi connectivity index (χ1v) is 11.4. The predicted octanol–water partition coefficient (Wildman–Crippen LogP) is 2.82. The van der Waals surface area contributed by atoms with Crippen LogP contribution >= 0.6 is 11.3 Å². The molecule has 4 heterocycles. The molecule has 0 unspecified atom stereocenters. The van der Waals surface area contributed by atoms with Crippen LogP contribution in [0.15, 0.2) is 36.8 Å². The third-order valence-corrected chi connectivity index (χ3v) is 6.53. The van der Waals surface area contributed by atoms with Gasteiger partial charge in [0.25, 0.3) is 5.91 Å². The van der Waals surface area contributed by atoms with E-state index in [0.29, 0.717) is 24.5 Å². The lowest BCUT2D eigenvalue weighted by Crippen LogP contribution is -2.48. The number of piperazine rings is 1. The maximum Gasteiger partial charge on any atom is 0.263 e. The van der Waals surface area contributed by atoms with Crippen molar-refractivity contribution in [2.24, 2.45) is 0 Å². The molecule has 9 heteroatoms. The Labute approximate surface area is 191 Å². The van der Waals surface area contributed by atoms with Gasteiger partial charge in [-0.05, 0) is 37.1 Å². The first-order chi connectivity index (χ1) is 15.4. The van der Waals surface area contributed by atoms with Gasteiger partial charge in [0.1, 0.15) is 4.88 Å². The second kappa shape index (κ2) is 9.44. The lowest BCUT2D eigenvalue weighted by Gasteiger charge is -2.33. The third-order valence-electron chi connectivity index (χ3n) is 5.47. The Balaban J connectivity index is 1.35. The van der Waals surface area contributed by atoms with Gasteiger partial charge in [-0.15, -0.1) is 0 Å². The van der Waals surface area contributed by atoms with Gasteiger partial charge >= 0.3 is 0 Å². The first kappa shape index (κ1) is 21.9. The maximum absolute atomic E-state index is 12.6. The highest BCUT2D eigenvalue weighted by atomic mass is 32.1. The Hall–Kier alpha value is -3.33. The molecule has 1 aliphatic heterocycles. The predicted molar refractivity (Wildman–Crippen MR) is 125 cm³/mol. The maximum atomic E-state index is 12.6. The molecule has 3 aromatic heterocycles. The Bertz CT molecular complexity index is 1140. The molecule has 1 fully saturated rings. The van der Waals surface area contributed by atoms with E-state index in [2.05, 4.69) is 25.2 Å². The summed E-state index contributed by atoms with van der Waals surface area (Å²) < 4.78 is 0. The number of nitrogens with one attached hydrogen (secondary N) is 1. The minimum absolute atomic E-state index is 0.0949. The minimum Gasteiger partial charge on any atom is -0.347 e. The number of nitrogens with zero attached hydrogens (tertiary/aromatic N) is 5.